The zero-order valence-electron chi connectivity index (χ0n) is 15.9. The van der Waals surface area contributed by atoms with E-state index in [4.69, 9.17) is 4.99 Å². The Morgan fingerprint density at radius 1 is 1.12 bits per heavy atom. The van der Waals surface area contributed by atoms with Crippen molar-refractivity contribution in [1.29, 1.82) is 0 Å². The van der Waals surface area contributed by atoms with Crippen LogP contribution in [0.3, 0.4) is 0 Å². The average Bonchev–Trinajstić information content (AvgIpc) is 3.56. The summed E-state index contributed by atoms with van der Waals surface area (Å²) in [5.74, 6) is 2.45. The van der Waals surface area contributed by atoms with Gasteiger partial charge in [-0.05, 0) is 56.4 Å². The lowest BCUT2D eigenvalue weighted by Crippen LogP contribution is -2.49. The first-order valence-corrected chi connectivity index (χ1v) is 10.2. The highest BCUT2D eigenvalue weighted by Gasteiger charge is 2.38. The van der Waals surface area contributed by atoms with Crippen LogP contribution < -0.4 is 10.6 Å². The van der Waals surface area contributed by atoms with E-state index in [1.807, 2.05) is 0 Å². The van der Waals surface area contributed by atoms with Crippen molar-refractivity contribution in [3.05, 3.63) is 35.9 Å². The maximum Gasteiger partial charge on any atom is 0.191 e. The zero-order chi connectivity index (χ0) is 17.1. The molecule has 2 unspecified atom stereocenters. The van der Waals surface area contributed by atoms with Gasteiger partial charge in [0.15, 0.2) is 5.96 Å². The van der Waals surface area contributed by atoms with E-state index in [0.29, 0.717) is 6.04 Å². The minimum atomic E-state index is 0. The SMILES string of the molecule is CCNC(=NCC1CC1c1ccccc1)NC1CCN(C2CC2)CC1.I. The Bertz CT molecular complexity index is 579. The van der Waals surface area contributed by atoms with Gasteiger partial charge in [0, 0.05) is 38.3 Å². The van der Waals surface area contributed by atoms with Crippen molar-refractivity contribution < 1.29 is 0 Å². The number of benzene rings is 1. The van der Waals surface area contributed by atoms with Crippen LogP contribution in [0, 0.1) is 5.92 Å². The van der Waals surface area contributed by atoms with Crippen molar-refractivity contribution in [2.45, 2.75) is 57.0 Å². The first kappa shape index (κ1) is 19.9. The third-order valence-electron chi connectivity index (χ3n) is 5.91. The van der Waals surface area contributed by atoms with E-state index < -0.39 is 0 Å². The molecule has 2 atom stereocenters. The molecule has 4 rings (SSSR count). The van der Waals surface area contributed by atoms with Gasteiger partial charge in [0.2, 0.25) is 0 Å². The molecule has 0 amide bonds. The van der Waals surface area contributed by atoms with Crippen molar-refractivity contribution in [2.24, 2.45) is 10.9 Å². The minimum Gasteiger partial charge on any atom is -0.357 e. The molecule has 1 saturated heterocycles. The summed E-state index contributed by atoms with van der Waals surface area (Å²) in [6, 6.07) is 12.4. The van der Waals surface area contributed by atoms with Crippen LogP contribution in [0.4, 0.5) is 0 Å². The Morgan fingerprint density at radius 2 is 1.85 bits per heavy atom. The number of nitrogens with one attached hydrogen (secondary N) is 2. The Morgan fingerprint density at radius 3 is 2.50 bits per heavy atom. The quantitative estimate of drug-likeness (QED) is 0.381. The van der Waals surface area contributed by atoms with Gasteiger partial charge >= 0.3 is 0 Å². The van der Waals surface area contributed by atoms with E-state index in [9.17, 15) is 0 Å². The maximum absolute atomic E-state index is 4.89. The number of aliphatic imine (C=N–C) groups is 1. The third kappa shape index (κ3) is 5.35. The summed E-state index contributed by atoms with van der Waals surface area (Å²) in [5, 5.41) is 7.13. The number of likely N-dealkylation sites (tertiary alicyclic amines) is 1. The molecular weight excluding hydrogens is 435 g/mol. The fourth-order valence-electron chi connectivity index (χ4n) is 4.13. The molecule has 1 aromatic rings. The number of halogens is 1. The van der Waals surface area contributed by atoms with E-state index in [1.54, 1.807) is 0 Å². The average molecular weight is 468 g/mol. The lowest BCUT2D eigenvalue weighted by atomic mass is 10.1. The first-order valence-electron chi connectivity index (χ1n) is 10.2. The Balaban J connectivity index is 0.00000196. The van der Waals surface area contributed by atoms with Crippen LogP contribution >= 0.6 is 24.0 Å². The highest BCUT2D eigenvalue weighted by molar-refractivity contribution is 14.0. The topological polar surface area (TPSA) is 39.7 Å². The summed E-state index contributed by atoms with van der Waals surface area (Å²) in [4.78, 5) is 7.57. The van der Waals surface area contributed by atoms with Gasteiger partial charge in [-0.1, -0.05) is 30.3 Å². The third-order valence-corrected chi connectivity index (χ3v) is 5.91. The monoisotopic (exact) mass is 468 g/mol. The van der Waals surface area contributed by atoms with E-state index in [2.05, 4.69) is 52.8 Å². The molecule has 0 bridgehead atoms. The van der Waals surface area contributed by atoms with Gasteiger partial charge in [-0.15, -0.1) is 24.0 Å². The summed E-state index contributed by atoms with van der Waals surface area (Å²) in [5.41, 5.74) is 1.48. The molecule has 0 radical (unpaired) electrons. The van der Waals surface area contributed by atoms with E-state index >= 15 is 0 Å². The van der Waals surface area contributed by atoms with Gasteiger partial charge in [-0.25, -0.2) is 0 Å². The predicted molar refractivity (Wildman–Crippen MR) is 119 cm³/mol. The number of hydrogen-bond acceptors (Lipinski definition) is 2. The molecule has 0 aromatic heterocycles. The number of guanidine groups is 1. The summed E-state index contributed by atoms with van der Waals surface area (Å²) < 4.78 is 0. The molecular formula is C21H33IN4. The summed E-state index contributed by atoms with van der Waals surface area (Å²) in [6.45, 7) is 6.52. The van der Waals surface area contributed by atoms with Crippen LogP contribution in [-0.2, 0) is 0 Å². The molecule has 1 heterocycles. The van der Waals surface area contributed by atoms with Crippen LogP contribution in [0.5, 0.6) is 0 Å². The fraction of sp³-hybridized carbons (Fsp3) is 0.667. The van der Waals surface area contributed by atoms with Gasteiger partial charge in [-0.2, -0.15) is 0 Å². The maximum atomic E-state index is 4.89. The van der Waals surface area contributed by atoms with Crippen molar-refractivity contribution in [3.8, 4) is 0 Å². The molecule has 1 aromatic carbocycles. The lowest BCUT2D eigenvalue weighted by molar-refractivity contribution is 0.197. The van der Waals surface area contributed by atoms with Crippen molar-refractivity contribution in [2.75, 3.05) is 26.2 Å². The van der Waals surface area contributed by atoms with Crippen LogP contribution in [0.15, 0.2) is 35.3 Å². The van der Waals surface area contributed by atoms with Crippen LogP contribution in [0.25, 0.3) is 0 Å². The smallest absolute Gasteiger partial charge is 0.191 e. The van der Waals surface area contributed by atoms with Crippen molar-refractivity contribution in [3.63, 3.8) is 0 Å². The molecule has 2 N–H and O–H groups in total. The summed E-state index contributed by atoms with van der Waals surface area (Å²) in [7, 11) is 0. The summed E-state index contributed by atoms with van der Waals surface area (Å²) in [6.07, 6.45) is 6.62. The highest BCUT2D eigenvalue weighted by Crippen LogP contribution is 2.47. The van der Waals surface area contributed by atoms with Crippen molar-refractivity contribution in [1.82, 2.24) is 15.5 Å². The molecule has 1 aliphatic heterocycles. The van der Waals surface area contributed by atoms with Crippen LogP contribution in [0.2, 0.25) is 0 Å². The normalized spacial score (nSPS) is 26.9. The number of nitrogens with zero attached hydrogens (tertiary/aromatic N) is 2. The number of hydrogen-bond donors (Lipinski definition) is 2. The Labute approximate surface area is 175 Å². The standard InChI is InChI=1S/C21H32N4.HI/c1-2-22-21(24-18-10-12-25(13-11-18)19-8-9-19)23-15-17-14-20(17)16-6-4-3-5-7-16;/h3-7,17-20H,2,8-15H2,1H3,(H2,22,23,24);1H. The van der Waals surface area contributed by atoms with Gasteiger partial charge in [0.25, 0.3) is 0 Å². The molecule has 4 nitrogen and oxygen atoms in total. The van der Waals surface area contributed by atoms with E-state index in [-0.39, 0.29) is 24.0 Å². The Kier molecular flexibility index (Phi) is 7.20. The molecule has 5 heteroatoms. The Hall–Kier alpha value is -0.820. The number of piperidine rings is 1. The predicted octanol–water partition coefficient (Wildman–Crippen LogP) is 3.59. The molecule has 144 valence electrons. The number of rotatable bonds is 6. The van der Waals surface area contributed by atoms with Crippen LogP contribution in [-0.4, -0.2) is 49.1 Å². The van der Waals surface area contributed by atoms with E-state index in [0.717, 1.165) is 36.9 Å². The minimum absolute atomic E-state index is 0. The first-order chi connectivity index (χ1) is 12.3. The molecule has 0 spiro atoms. The van der Waals surface area contributed by atoms with Gasteiger partial charge < -0.3 is 15.5 Å². The van der Waals surface area contributed by atoms with Gasteiger partial charge in [-0.3, -0.25) is 4.99 Å². The molecule has 2 aliphatic carbocycles. The highest BCUT2D eigenvalue weighted by atomic mass is 127. The van der Waals surface area contributed by atoms with Crippen LogP contribution in [0.1, 0.15) is 50.5 Å². The van der Waals surface area contributed by atoms with Gasteiger partial charge in [0.05, 0.1) is 0 Å². The van der Waals surface area contributed by atoms with Crippen molar-refractivity contribution >= 4 is 29.9 Å². The largest absolute Gasteiger partial charge is 0.357 e. The van der Waals surface area contributed by atoms with Gasteiger partial charge in [0.1, 0.15) is 0 Å². The second kappa shape index (κ2) is 9.40. The second-order valence-electron chi connectivity index (χ2n) is 7.92. The molecule has 3 aliphatic rings. The van der Waals surface area contributed by atoms with E-state index in [1.165, 1.54) is 50.8 Å². The zero-order valence-corrected chi connectivity index (χ0v) is 18.2. The molecule has 2 saturated carbocycles. The summed E-state index contributed by atoms with van der Waals surface area (Å²) >= 11 is 0. The second-order valence-corrected chi connectivity index (χ2v) is 7.92. The lowest BCUT2D eigenvalue weighted by Gasteiger charge is -2.33. The molecule has 3 fully saturated rings. The molecule has 26 heavy (non-hydrogen) atoms. The fourth-order valence-corrected chi connectivity index (χ4v) is 4.13.